The van der Waals surface area contributed by atoms with Crippen LogP contribution in [0.4, 0.5) is 5.69 Å². The maximum atomic E-state index is 12.1. The van der Waals surface area contributed by atoms with Crippen molar-refractivity contribution in [1.82, 2.24) is 0 Å². The van der Waals surface area contributed by atoms with Gasteiger partial charge in [-0.1, -0.05) is 57.9 Å². The summed E-state index contributed by atoms with van der Waals surface area (Å²) in [5.41, 5.74) is 1.48. The van der Waals surface area contributed by atoms with Crippen LogP contribution in [0.3, 0.4) is 0 Å². The molecule has 1 amide bonds. The Hall–Kier alpha value is -1.37. The molecule has 2 rings (SSSR count). The van der Waals surface area contributed by atoms with Crippen molar-refractivity contribution in [2.75, 3.05) is 16.8 Å². The third-order valence-electron chi connectivity index (χ3n) is 3.32. The first kappa shape index (κ1) is 19.0. The summed E-state index contributed by atoms with van der Waals surface area (Å²) in [5.74, 6) is -1.16. The van der Waals surface area contributed by atoms with Gasteiger partial charge in [0.25, 0.3) is 0 Å². The number of anilines is 1. The van der Waals surface area contributed by atoms with Gasteiger partial charge in [-0.2, -0.15) is 0 Å². The lowest BCUT2D eigenvalue weighted by Gasteiger charge is -2.08. The lowest BCUT2D eigenvalue weighted by atomic mass is 10.1. The Morgan fingerprint density at radius 2 is 1.83 bits per heavy atom. The van der Waals surface area contributed by atoms with Gasteiger partial charge in [0.15, 0.2) is 9.84 Å². The number of hydrogen-bond donors (Lipinski definition) is 1. The Morgan fingerprint density at radius 1 is 1.12 bits per heavy atom. The zero-order valence-electron chi connectivity index (χ0n) is 12.8. The van der Waals surface area contributed by atoms with E-state index in [1.807, 2.05) is 30.3 Å². The van der Waals surface area contributed by atoms with Crippen LogP contribution in [-0.4, -0.2) is 25.8 Å². The maximum Gasteiger partial charge on any atom is 0.239 e. The maximum absolute atomic E-state index is 12.1. The van der Waals surface area contributed by atoms with E-state index < -0.39 is 21.5 Å². The number of rotatable bonds is 7. The Bertz CT molecular complexity index is 810. The second-order valence-corrected chi connectivity index (χ2v) is 8.86. The van der Waals surface area contributed by atoms with Crippen molar-refractivity contribution in [2.45, 2.75) is 12.8 Å². The normalized spacial score (nSPS) is 11.2. The van der Waals surface area contributed by atoms with E-state index >= 15 is 0 Å². The largest absolute Gasteiger partial charge is 0.324 e. The van der Waals surface area contributed by atoms with E-state index in [4.69, 9.17) is 11.6 Å². The van der Waals surface area contributed by atoms with Crippen LogP contribution in [-0.2, 0) is 21.1 Å². The molecule has 0 bridgehead atoms. The first-order chi connectivity index (χ1) is 11.4. The highest BCUT2D eigenvalue weighted by molar-refractivity contribution is 9.10. The molecule has 2 aromatic carbocycles. The molecule has 4 nitrogen and oxygen atoms in total. The molecule has 24 heavy (non-hydrogen) atoms. The van der Waals surface area contributed by atoms with Gasteiger partial charge in [0.1, 0.15) is 5.75 Å². The molecule has 0 heterocycles. The Balaban J connectivity index is 1.85. The van der Waals surface area contributed by atoms with E-state index in [1.54, 1.807) is 18.2 Å². The number of amides is 1. The number of carbonyl (C=O) groups is 1. The minimum absolute atomic E-state index is 0.0244. The van der Waals surface area contributed by atoms with Crippen molar-refractivity contribution in [3.63, 3.8) is 0 Å². The summed E-state index contributed by atoms with van der Waals surface area (Å²) < 4.78 is 24.9. The van der Waals surface area contributed by atoms with Crippen molar-refractivity contribution in [3.8, 4) is 0 Å². The highest BCUT2D eigenvalue weighted by Gasteiger charge is 2.17. The third-order valence-corrected chi connectivity index (χ3v) is 5.74. The van der Waals surface area contributed by atoms with Gasteiger partial charge in [-0.05, 0) is 36.6 Å². The lowest BCUT2D eigenvalue weighted by molar-refractivity contribution is -0.113. The van der Waals surface area contributed by atoms with Crippen LogP contribution in [0.5, 0.6) is 0 Å². The Labute approximate surface area is 155 Å². The van der Waals surface area contributed by atoms with Crippen LogP contribution in [0.2, 0.25) is 5.02 Å². The predicted molar refractivity (Wildman–Crippen MR) is 101 cm³/mol. The van der Waals surface area contributed by atoms with E-state index in [-0.39, 0.29) is 5.75 Å². The van der Waals surface area contributed by atoms with E-state index in [9.17, 15) is 13.2 Å². The summed E-state index contributed by atoms with van der Waals surface area (Å²) in [6, 6.07) is 14.6. The molecule has 0 unspecified atom stereocenters. The second-order valence-electron chi connectivity index (χ2n) is 5.35. The predicted octanol–water partition coefficient (Wildman–Crippen LogP) is 4.09. The minimum atomic E-state index is -3.46. The average Bonchev–Trinajstić information content (AvgIpc) is 2.50. The molecule has 0 aliphatic carbocycles. The molecule has 7 heteroatoms. The molecule has 0 aliphatic heterocycles. The standard InChI is InChI=1S/C17H17BrClNO3S/c18-14-8-9-16(15(19)11-14)20-17(21)12-24(22,23)10-4-7-13-5-2-1-3-6-13/h1-3,5-6,8-9,11H,4,7,10,12H2,(H,20,21). The molecule has 2 aromatic rings. The molecule has 0 radical (unpaired) electrons. The molecular weight excluding hydrogens is 414 g/mol. The van der Waals surface area contributed by atoms with Crippen LogP contribution in [0.15, 0.2) is 53.0 Å². The minimum Gasteiger partial charge on any atom is -0.324 e. The first-order valence-corrected chi connectivity index (χ1v) is 10.3. The van der Waals surface area contributed by atoms with E-state index in [0.717, 1.165) is 10.0 Å². The molecule has 0 spiro atoms. The van der Waals surface area contributed by atoms with Crippen molar-refractivity contribution >= 4 is 49.0 Å². The van der Waals surface area contributed by atoms with Gasteiger partial charge >= 0.3 is 0 Å². The van der Waals surface area contributed by atoms with Gasteiger partial charge in [0.2, 0.25) is 5.91 Å². The smallest absolute Gasteiger partial charge is 0.239 e. The van der Waals surface area contributed by atoms with E-state index in [2.05, 4.69) is 21.2 Å². The van der Waals surface area contributed by atoms with Gasteiger partial charge < -0.3 is 5.32 Å². The Kier molecular flexibility index (Phi) is 6.83. The van der Waals surface area contributed by atoms with Crippen LogP contribution in [0.25, 0.3) is 0 Å². The fourth-order valence-electron chi connectivity index (χ4n) is 2.19. The topological polar surface area (TPSA) is 63.2 Å². The zero-order valence-corrected chi connectivity index (χ0v) is 16.0. The van der Waals surface area contributed by atoms with E-state index in [0.29, 0.717) is 23.6 Å². The monoisotopic (exact) mass is 429 g/mol. The number of aryl methyl sites for hydroxylation is 1. The molecule has 0 saturated heterocycles. The van der Waals surface area contributed by atoms with Crippen LogP contribution < -0.4 is 5.32 Å². The van der Waals surface area contributed by atoms with Crippen LogP contribution in [0, 0.1) is 0 Å². The molecule has 128 valence electrons. The van der Waals surface area contributed by atoms with Crippen molar-refractivity contribution in [3.05, 3.63) is 63.6 Å². The molecule has 0 saturated carbocycles. The van der Waals surface area contributed by atoms with Crippen molar-refractivity contribution in [2.24, 2.45) is 0 Å². The summed E-state index contributed by atoms with van der Waals surface area (Å²) in [6.07, 6.45) is 1.15. The Morgan fingerprint density at radius 3 is 2.50 bits per heavy atom. The van der Waals surface area contributed by atoms with Crippen LogP contribution in [0.1, 0.15) is 12.0 Å². The quantitative estimate of drug-likeness (QED) is 0.719. The van der Waals surface area contributed by atoms with E-state index in [1.165, 1.54) is 0 Å². The van der Waals surface area contributed by atoms with Crippen LogP contribution >= 0.6 is 27.5 Å². The van der Waals surface area contributed by atoms with Gasteiger partial charge in [-0.25, -0.2) is 8.42 Å². The molecular formula is C17H17BrClNO3S. The third kappa shape index (κ3) is 6.26. The number of benzene rings is 2. The van der Waals surface area contributed by atoms with Gasteiger partial charge in [-0.3, -0.25) is 4.79 Å². The SMILES string of the molecule is O=C(CS(=O)(=O)CCCc1ccccc1)Nc1ccc(Br)cc1Cl. The zero-order chi connectivity index (χ0) is 17.6. The summed E-state index contributed by atoms with van der Waals surface area (Å²) >= 11 is 9.27. The summed E-state index contributed by atoms with van der Waals surface area (Å²) in [5, 5.41) is 2.88. The fraction of sp³-hybridized carbons (Fsp3) is 0.235. The van der Waals surface area contributed by atoms with Crippen molar-refractivity contribution < 1.29 is 13.2 Å². The van der Waals surface area contributed by atoms with Gasteiger partial charge in [0, 0.05) is 4.47 Å². The second kappa shape index (κ2) is 8.65. The van der Waals surface area contributed by atoms with Gasteiger partial charge in [-0.15, -0.1) is 0 Å². The lowest BCUT2D eigenvalue weighted by Crippen LogP contribution is -2.25. The fourth-order valence-corrected chi connectivity index (χ4v) is 4.11. The number of halogens is 2. The molecule has 1 N–H and O–H groups in total. The van der Waals surface area contributed by atoms with Crippen molar-refractivity contribution in [1.29, 1.82) is 0 Å². The average molecular weight is 431 g/mol. The number of sulfone groups is 1. The van der Waals surface area contributed by atoms with Gasteiger partial charge in [0.05, 0.1) is 16.5 Å². The number of carbonyl (C=O) groups excluding carboxylic acids is 1. The first-order valence-electron chi connectivity index (χ1n) is 7.35. The highest BCUT2D eigenvalue weighted by Crippen LogP contribution is 2.25. The summed E-state index contributed by atoms with van der Waals surface area (Å²) in [7, 11) is -3.46. The highest BCUT2D eigenvalue weighted by atomic mass is 79.9. The summed E-state index contributed by atoms with van der Waals surface area (Å²) in [6.45, 7) is 0. The number of nitrogens with one attached hydrogen (secondary N) is 1. The molecule has 0 aliphatic rings. The molecule has 0 atom stereocenters. The molecule has 0 aromatic heterocycles. The number of hydrogen-bond acceptors (Lipinski definition) is 3. The molecule has 0 fully saturated rings. The summed E-state index contributed by atoms with van der Waals surface area (Å²) in [4.78, 5) is 11.9.